The molecule has 2 N–H and O–H groups in total. The highest BCUT2D eigenvalue weighted by Crippen LogP contribution is 2.35. The number of carbonyl (C=O) groups is 1. The topological polar surface area (TPSA) is 59.2 Å². The maximum Gasteiger partial charge on any atom is 0.273 e. The molecule has 1 amide bonds. The van der Waals surface area contributed by atoms with E-state index in [0.717, 1.165) is 30.0 Å². The Morgan fingerprint density at radius 1 is 1.39 bits per heavy atom. The Morgan fingerprint density at radius 3 is 2.83 bits per heavy atom. The van der Waals surface area contributed by atoms with E-state index in [-0.39, 0.29) is 24.4 Å². The predicted molar refractivity (Wildman–Crippen MR) is 96.7 cm³/mol. The molecule has 0 spiro atoms. The van der Waals surface area contributed by atoms with Crippen LogP contribution in [0.1, 0.15) is 39.9 Å². The highest BCUT2D eigenvalue weighted by Gasteiger charge is 2.31. The molecular weight excluding hydrogens is 377 g/mol. The number of nitrogens with two attached hydrogens (primary N) is 1. The molecule has 0 aliphatic carbocycles. The number of hydrogen-bond acceptors (Lipinski definition) is 4. The lowest BCUT2D eigenvalue weighted by Gasteiger charge is -2.24. The zero-order valence-electron chi connectivity index (χ0n) is 12.2. The van der Waals surface area contributed by atoms with Gasteiger partial charge in [-0.25, -0.2) is 4.98 Å². The minimum absolute atomic E-state index is 0. The summed E-state index contributed by atoms with van der Waals surface area (Å²) in [6.07, 6.45) is 1.88. The fraction of sp³-hybridized carbons (Fsp3) is 0.333. The fourth-order valence-electron chi connectivity index (χ4n) is 2.73. The summed E-state index contributed by atoms with van der Waals surface area (Å²) in [5.74, 6) is -0.0514. The number of hydrogen-bond donors (Lipinski definition) is 1. The molecule has 4 nitrogen and oxygen atoms in total. The second kappa shape index (κ2) is 7.81. The molecule has 2 heterocycles. The first kappa shape index (κ1) is 18.5. The molecule has 2 aromatic rings. The Labute approximate surface area is 155 Å². The number of benzene rings is 1. The summed E-state index contributed by atoms with van der Waals surface area (Å²) < 4.78 is 0. The van der Waals surface area contributed by atoms with Gasteiger partial charge in [0.2, 0.25) is 0 Å². The van der Waals surface area contributed by atoms with Gasteiger partial charge in [-0.05, 0) is 30.5 Å². The molecule has 0 saturated carbocycles. The standard InChI is InChI=1S/C15H15Cl2N3OS.ClH/c16-10-4-3-9(6-11(10)17)13-2-1-5-20(13)15(21)12-8-22-14(7-18)19-12;/h3-4,6,8,13H,1-2,5,7,18H2;1H. The molecule has 1 aliphatic rings. The van der Waals surface area contributed by atoms with Gasteiger partial charge in [0.1, 0.15) is 10.7 Å². The maximum atomic E-state index is 12.7. The molecule has 1 atom stereocenters. The van der Waals surface area contributed by atoms with Crippen molar-refractivity contribution in [2.75, 3.05) is 6.54 Å². The lowest BCUT2D eigenvalue weighted by Crippen LogP contribution is -2.30. The number of halogens is 3. The lowest BCUT2D eigenvalue weighted by molar-refractivity contribution is 0.0730. The quantitative estimate of drug-likeness (QED) is 0.847. The Kier molecular flexibility index (Phi) is 6.28. The van der Waals surface area contributed by atoms with Crippen LogP contribution in [-0.4, -0.2) is 22.3 Å². The zero-order chi connectivity index (χ0) is 15.7. The van der Waals surface area contributed by atoms with Crippen LogP contribution >= 0.6 is 46.9 Å². The summed E-state index contributed by atoms with van der Waals surface area (Å²) in [5, 5.41) is 3.58. The van der Waals surface area contributed by atoms with Gasteiger partial charge in [0.15, 0.2) is 0 Å². The van der Waals surface area contributed by atoms with Gasteiger partial charge in [-0.2, -0.15) is 0 Å². The minimum Gasteiger partial charge on any atom is -0.330 e. The average Bonchev–Trinajstić information content (AvgIpc) is 3.18. The smallest absolute Gasteiger partial charge is 0.273 e. The predicted octanol–water partition coefficient (Wildman–Crippen LogP) is 4.31. The van der Waals surface area contributed by atoms with Crippen LogP contribution in [-0.2, 0) is 6.54 Å². The number of rotatable bonds is 3. The van der Waals surface area contributed by atoms with Crippen molar-refractivity contribution in [1.82, 2.24) is 9.88 Å². The van der Waals surface area contributed by atoms with Crippen LogP contribution in [0.25, 0.3) is 0 Å². The van der Waals surface area contributed by atoms with E-state index in [1.54, 1.807) is 11.4 Å². The van der Waals surface area contributed by atoms with Crippen molar-refractivity contribution >= 4 is 52.9 Å². The highest BCUT2D eigenvalue weighted by molar-refractivity contribution is 7.09. The second-order valence-electron chi connectivity index (χ2n) is 5.16. The van der Waals surface area contributed by atoms with Crippen molar-refractivity contribution in [3.8, 4) is 0 Å². The molecule has 1 saturated heterocycles. The van der Waals surface area contributed by atoms with E-state index >= 15 is 0 Å². The number of aromatic nitrogens is 1. The van der Waals surface area contributed by atoms with Crippen LogP contribution < -0.4 is 5.73 Å². The Bertz CT molecular complexity index is 707. The fourth-order valence-corrected chi connectivity index (χ4v) is 3.68. The Morgan fingerprint density at radius 2 is 2.17 bits per heavy atom. The first-order valence-corrected chi connectivity index (χ1v) is 8.64. The van der Waals surface area contributed by atoms with Crippen molar-refractivity contribution in [3.05, 3.63) is 49.9 Å². The van der Waals surface area contributed by atoms with E-state index in [2.05, 4.69) is 4.98 Å². The lowest BCUT2D eigenvalue weighted by atomic mass is 10.0. The first-order valence-electron chi connectivity index (χ1n) is 7.00. The van der Waals surface area contributed by atoms with E-state index < -0.39 is 0 Å². The van der Waals surface area contributed by atoms with Crippen molar-refractivity contribution in [1.29, 1.82) is 0 Å². The monoisotopic (exact) mass is 391 g/mol. The van der Waals surface area contributed by atoms with Crippen molar-refractivity contribution in [2.24, 2.45) is 5.73 Å². The molecule has 124 valence electrons. The van der Waals surface area contributed by atoms with Gasteiger partial charge in [-0.15, -0.1) is 23.7 Å². The van der Waals surface area contributed by atoms with Gasteiger partial charge in [0.25, 0.3) is 5.91 Å². The van der Waals surface area contributed by atoms with Gasteiger partial charge in [-0.3, -0.25) is 4.79 Å². The summed E-state index contributed by atoms with van der Waals surface area (Å²) >= 11 is 13.5. The zero-order valence-corrected chi connectivity index (χ0v) is 15.3. The van der Waals surface area contributed by atoms with Crippen LogP contribution in [0.2, 0.25) is 10.0 Å². The normalized spacial score (nSPS) is 17.2. The molecule has 0 bridgehead atoms. The van der Waals surface area contributed by atoms with Crippen LogP contribution in [0.15, 0.2) is 23.6 Å². The largest absolute Gasteiger partial charge is 0.330 e. The summed E-state index contributed by atoms with van der Waals surface area (Å²) in [7, 11) is 0. The van der Waals surface area contributed by atoms with E-state index in [1.807, 2.05) is 17.0 Å². The van der Waals surface area contributed by atoms with E-state index in [9.17, 15) is 4.79 Å². The summed E-state index contributed by atoms with van der Waals surface area (Å²) in [4.78, 5) is 18.8. The molecule has 8 heteroatoms. The molecule has 23 heavy (non-hydrogen) atoms. The van der Waals surface area contributed by atoms with Crippen LogP contribution in [0.3, 0.4) is 0 Å². The molecule has 1 unspecified atom stereocenters. The number of nitrogens with zero attached hydrogens (tertiary/aromatic N) is 2. The van der Waals surface area contributed by atoms with Crippen molar-refractivity contribution in [3.63, 3.8) is 0 Å². The molecular formula is C15H16Cl3N3OS. The SMILES string of the molecule is Cl.NCc1nc(C(=O)N2CCCC2c2ccc(Cl)c(Cl)c2)cs1. The molecule has 1 aromatic carbocycles. The number of likely N-dealkylation sites (tertiary alicyclic amines) is 1. The second-order valence-corrected chi connectivity index (χ2v) is 6.92. The summed E-state index contributed by atoms with van der Waals surface area (Å²) in [6, 6.07) is 5.56. The van der Waals surface area contributed by atoms with E-state index in [4.69, 9.17) is 28.9 Å². The summed E-state index contributed by atoms with van der Waals surface area (Å²) in [5.41, 5.74) is 7.04. The Hall–Kier alpha value is -0.850. The third-order valence-electron chi connectivity index (χ3n) is 3.79. The molecule has 0 radical (unpaired) electrons. The third-order valence-corrected chi connectivity index (χ3v) is 5.40. The minimum atomic E-state index is -0.0514. The molecule has 1 fully saturated rings. The van der Waals surface area contributed by atoms with Crippen LogP contribution in [0.5, 0.6) is 0 Å². The van der Waals surface area contributed by atoms with Crippen LogP contribution in [0.4, 0.5) is 0 Å². The first-order chi connectivity index (χ1) is 10.6. The van der Waals surface area contributed by atoms with E-state index in [0.29, 0.717) is 22.3 Å². The average molecular weight is 393 g/mol. The van der Waals surface area contributed by atoms with Gasteiger partial charge in [0, 0.05) is 18.5 Å². The third kappa shape index (κ3) is 3.80. The van der Waals surface area contributed by atoms with E-state index in [1.165, 1.54) is 11.3 Å². The summed E-state index contributed by atoms with van der Waals surface area (Å²) in [6.45, 7) is 1.08. The Balaban J connectivity index is 0.00000192. The van der Waals surface area contributed by atoms with Crippen LogP contribution in [0, 0.1) is 0 Å². The molecule has 1 aromatic heterocycles. The molecule has 1 aliphatic heterocycles. The van der Waals surface area contributed by atoms with Gasteiger partial charge in [0.05, 0.1) is 16.1 Å². The maximum absolute atomic E-state index is 12.7. The number of carbonyl (C=O) groups excluding carboxylic acids is 1. The van der Waals surface area contributed by atoms with Crippen molar-refractivity contribution < 1.29 is 4.79 Å². The highest BCUT2D eigenvalue weighted by atomic mass is 35.5. The number of amides is 1. The van der Waals surface area contributed by atoms with Gasteiger partial charge < -0.3 is 10.6 Å². The number of thiazole rings is 1. The van der Waals surface area contributed by atoms with Gasteiger partial charge >= 0.3 is 0 Å². The van der Waals surface area contributed by atoms with Gasteiger partial charge in [-0.1, -0.05) is 29.3 Å². The van der Waals surface area contributed by atoms with Crippen molar-refractivity contribution in [2.45, 2.75) is 25.4 Å². The molecule has 3 rings (SSSR count).